The topological polar surface area (TPSA) is 121 Å². The Morgan fingerprint density at radius 1 is 1.18 bits per heavy atom. The molecule has 4 atom stereocenters. The van der Waals surface area contributed by atoms with Gasteiger partial charge in [-0.05, 0) is 55.3 Å². The molecule has 2 N–H and O–H groups in total. The highest BCUT2D eigenvalue weighted by Crippen LogP contribution is 2.31. The molecule has 0 aromatic heterocycles. The summed E-state index contributed by atoms with van der Waals surface area (Å²) in [4.78, 5) is 39.7. The van der Waals surface area contributed by atoms with E-state index in [1.54, 1.807) is 31.2 Å². The predicted octanol–water partition coefficient (Wildman–Crippen LogP) is 2.96. The predicted molar refractivity (Wildman–Crippen MR) is 126 cm³/mol. The molecule has 2 aromatic carbocycles. The summed E-state index contributed by atoms with van der Waals surface area (Å²) < 4.78 is 27.7. The number of amides is 3. The van der Waals surface area contributed by atoms with Crippen LogP contribution in [0.15, 0.2) is 41.3 Å². The number of imide groups is 1. The molecule has 0 bridgehead atoms. The first-order valence-corrected chi connectivity index (χ1v) is 13.0. The van der Waals surface area contributed by atoms with E-state index in [2.05, 4.69) is 4.72 Å². The average molecular weight is 509 g/mol. The lowest BCUT2D eigenvalue weighted by atomic mass is 10.1. The second kappa shape index (κ2) is 8.92. The molecule has 9 nitrogen and oxygen atoms in total. The summed E-state index contributed by atoms with van der Waals surface area (Å²) in [6.07, 6.45) is 0.184. The fourth-order valence-corrected chi connectivity index (χ4v) is 6.50. The number of halogens is 1. The van der Waals surface area contributed by atoms with Gasteiger partial charge in [0.2, 0.25) is 15.9 Å². The van der Waals surface area contributed by atoms with Crippen molar-refractivity contribution in [3.63, 3.8) is 0 Å². The smallest absolute Gasteiger partial charge is 0.435 e. The summed E-state index contributed by atoms with van der Waals surface area (Å²) >= 11 is 5.98. The monoisotopic (exact) mass is 508 g/mol. The first-order valence-electron chi connectivity index (χ1n) is 11.1. The largest absolute Gasteiger partial charge is 0.521 e. The summed E-state index contributed by atoms with van der Waals surface area (Å²) in [6, 6.07) is 7.30. The van der Waals surface area contributed by atoms with Gasteiger partial charge >= 0.3 is 12.0 Å². The lowest BCUT2D eigenvalue weighted by Crippen LogP contribution is -2.64. The van der Waals surface area contributed by atoms with Crippen LogP contribution in [0, 0.1) is 0 Å². The van der Waals surface area contributed by atoms with Crippen molar-refractivity contribution >= 4 is 50.3 Å². The molecule has 182 valence electrons. The molecule has 2 fully saturated rings. The maximum absolute atomic E-state index is 13.3. The van der Waals surface area contributed by atoms with E-state index in [1.165, 1.54) is 24.0 Å². The van der Waals surface area contributed by atoms with Crippen LogP contribution in [0.5, 0.6) is 0 Å². The molecule has 2 aliphatic rings. The Morgan fingerprint density at radius 3 is 2.50 bits per heavy atom. The fourth-order valence-electron chi connectivity index (χ4n) is 5.06. The Balaban J connectivity index is 1.51. The number of carbonyl (C=O) groups excluding carboxylic acids is 2. The summed E-state index contributed by atoms with van der Waals surface area (Å²) in [5.41, 5.74) is 0. The van der Waals surface area contributed by atoms with E-state index in [-0.39, 0.29) is 30.4 Å². The second-order valence-electron chi connectivity index (χ2n) is 9.03. The number of benzene rings is 2. The van der Waals surface area contributed by atoms with E-state index in [1.807, 2.05) is 0 Å². The molecule has 0 aliphatic carbocycles. The normalized spacial score (nSPS) is 26.2. The van der Waals surface area contributed by atoms with Gasteiger partial charge in [-0.25, -0.2) is 13.2 Å². The number of nitrogens with zero attached hydrogens (tertiary/aromatic N) is 2. The molecule has 11 heteroatoms. The number of quaternary nitrogens is 1. The van der Waals surface area contributed by atoms with Gasteiger partial charge in [-0.3, -0.25) is 4.79 Å². The summed E-state index contributed by atoms with van der Waals surface area (Å²) in [5.74, 6) is -1.09. The van der Waals surface area contributed by atoms with Crippen molar-refractivity contribution < 1.29 is 32.4 Å². The van der Waals surface area contributed by atoms with Crippen LogP contribution in [0.25, 0.3) is 10.8 Å². The molecular formula is C23H27ClN3O6S+. The van der Waals surface area contributed by atoms with Crippen LogP contribution in [0.2, 0.25) is 5.02 Å². The summed E-state index contributed by atoms with van der Waals surface area (Å²) in [5, 5.41) is 11.8. The Bertz CT molecular complexity index is 1280. The Hall–Kier alpha value is -2.53. The van der Waals surface area contributed by atoms with E-state index in [0.29, 0.717) is 23.3 Å². The second-order valence-corrected chi connectivity index (χ2v) is 11.2. The van der Waals surface area contributed by atoms with Crippen molar-refractivity contribution in [2.75, 3.05) is 13.1 Å². The zero-order valence-electron chi connectivity index (χ0n) is 18.9. The summed E-state index contributed by atoms with van der Waals surface area (Å²) in [6.45, 7) is 3.58. The van der Waals surface area contributed by atoms with Crippen molar-refractivity contribution in [3.8, 4) is 0 Å². The van der Waals surface area contributed by atoms with Crippen LogP contribution in [0.4, 0.5) is 4.79 Å². The Kier molecular flexibility index (Phi) is 6.45. The third-order valence-corrected chi connectivity index (χ3v) is 8.77. The number of nitrogens with one attached hydrogen (secondary N) is 1. The number of hydrogen-bond acceptors (Lipinski definition) is 5. The molecule has 2 saturated heterocycles. The highest BCUT2D eigenvalue weighted by molar-refractivity contribution is 7.89. The van der Waals surface area contributed by atoms with Crippen molar-refractivity contribution in [1.82, 2.24) is 9.62 Å². The maximum Gasteiger partial charge on any atom is 0.521 e. The molecule has 0 saturated carbocycles. The van der Waals surface area contributed by atoms with Gasteiger partial charge in [0.05, 0.1) is 11.4 Å². The van der Waals surface area contributed by atoms with E-state index in [4.69, 9.17) is 11.6 Å². The van der Waals surface area contributed by atoms with Gasteiger partial charge in [-0.2, -0.15) is 14.0 Å². The van der Waals surface area contributed by atoms with Crippen molar-refractivity contribution in [2.45, 2.75) is 56.1 Å². The SMILES string of the molecule is C[C@@H]1CCC[N+]1(C(=O)O)C(=O)[C@H](C)N1CC[C@H](NS(=O)(=O)c2ccc3cc(Cl)ccc3c2)C1=O. The van der Waals surface area contributed by atoms with Crippen LogP contribution in [-0.2, 0) is 19.6 Å². The zero-order chi connectivity index (χ0) is 24.8. The maximum atomic E-state index is 13.3. The lowest BCUT2D eigenvalue weighted by Gasteiger charge is -2.34. The Morgan fingerprint density at radius 2 is 1.85 bits per heavy atom. The number of hydrogen-bond donors (Lipinski definition) is 2. The van der Waals surface area contributed by atoms with E-state index >= 15 is 0 Å². The molecule has 4 rings (SSSR count). The minimum Gasteiger partial charge on any atom is -0.435 e. The zero-order valence-corrected chi connectivity index (χ0v) is 20.5. The van der Waals surface area contributed by atoms with Gasteiger partial charge in [0.1, 0.15) is 18.1 Å². The number of likely N-dealkylation sites (tertiary alicyclic amines) is 2. The Labute approximate surface area is 202 Å². The minimum atomic E-state index is -4.01. The van der Waals surface area contributed by atoms with Gasteiger partial charge in [-0.1, -0.05) is 23.7 Å². The number of sulfonamides is 1. The van der Waals surface area contributed by atoms with Crippen molar-refractivity contribution in [2.24, 2.45) is 0 Å². The minimum absolute atomic E-state index is 0.0129. The third-order valence-electron chi connectivity index (χ3n) is 7.07. The highest BCUT2D eigenvalue weighted by atomic mass is 35.5. The van der Waals surface area contributed by atoms with Gasteiger partial charge < -0.3 is 10.0 Å². The average Bonchev–Trinajstić information content (AvgIpc) is 3.35. The molecule has 1 unspecified atom stereocenters. The summed E-state index contributed by atoms with van der Waals surface area (Å²) in [7, 11) is -4.01. The van der Waals surface area contributed by atoms with Crippen molar-refractivity contribution in [3.05, 3.63) is 41.4 Å². The standard InChI is InChI=1S/C23H26ClN3O6S/c1-14-4-3-11-27(14,23(30)31)22(29)15(2)26-10-9-20(21(26)28)25-34(32,33)19-8-6-16-12-18(24)7-5-17(16)13-19/h5-8,12-15,20,25H,3-4,9-11H2,1-2H3/p+1/t14-,15+,20+,27?/m1/s1. The first kappa shape index (κ1) is 24.6. The molecule has 2 aromatic rings. The lowest BCUT2D eigenvalue weighted by molar-refractivity contribution is -0.793. The number of carboxylic acid groups (broad SMARTS) is 1. The van der Waals surface area contributed by atoms with E-state index in [9.17, 15) is 27.9 Å². The highest BCUT2D eigenvalue weighted by Gasteiger charge is 2.56. The molecular weight excluding hydrogens is 482 g/mol. The van der Waals surface area contributed by atoms with Gasteiger partial charge in [0.25, 0.3) is 0 Å². The number of carbonyl (C=O) groups is 3. The fraction of sp³-hybridized carbons (Fsp3) is 0.435. The van der Waals surface area contributed by atoms with Gasteiger partial charge in [0.15, 0.2) is 0 Å². The molecule has 2 heterocycles. The molecule has 34 heavy (non-hydrogen) atoms. The van der Waals surface area contributed by atoms with Gasteiger partial charge in [0, 0.05) is 24.4 Å². The molecule has 2 aliphatic heterocycles. The van der Waals surface area contributed by atoms with E-state index < -0.39 is 44.5 Å². The van der Waals surface area contributed by atoms with Crippen molar-refractivity contribution in [1.29, 1.82) is 0 Å². The molecule has 0 radical (unpaired) electrons. The quantitative estimate of drug-likeness (QED) is 0.599. The molecule has 0 spiro atoms. The number of rotatable bonds is 5. The third kappa shape index (κ3) is 4.08. The number of fused-ring (bicyclic) bond motifs is 1. The van der Waals surface area contributed by atoms with Gasteiger partial charge in [-0.15, -0.1) is 0 Å². The van der Waals surface area contributed by atoms with E-state index in [0.717, 1.165) is 5.39 Å². The van der Waals surface area contributed by atoms with Crippen LogP contribution in [-0.4, -0.2) is 72.0 Å². The van der Waals surface area contributed by atoms with Crippen LogP contribution in [0.3, 0.4) is 0 Å². The van der Waals surface area contributed by atoms with Crippen LogP contribution in [0.1, 0.15) is 33.1 Å². The van der Waals surface area contributed by atoms with Crippen LogP contribution >= 0.6 is 11.6 Å². The first-order chi connectivity index (χ1) is 16.0. The molecule has 3 amide bonds. The van der Waals surface area contributed by atoms with Crippen LogP contribution < -0.4 is 4.72 Å².